The molecular formula is C19H19F3N4O3. The van der Waals surface area contributed by atoms with Gasteiger partial charge in [-0.3, -0.25) is 4.79 Å². The Bertz CT molecular complexity index is 1000. The molecule has 0 unspecified atom stereocenters. The number of carbonyl (C=O) groups is 2. The van der Waals surface area contributed by atoms with Crippen LogP contribution in [0.25, 0.3) is 5.69 Å². The van der Waals surface area contributed by atoms with Crippen molar-refractivity contribution in [1.29, 1.82) is 0 Å². The lowest BCUT2D eigenvalue weighted by molar-refractivity contribution is -0.192. The molecule has 7 nitrogen and oxygen atoms in total. The number of H-pyrrole nitrogens is 1. The van der Waals surface area contributed by atoms with Gasteiger partial charge in [0, 0.05) is 29.5 Å². The van der Waals surface area contributed by atoms with Gasteiger partial charge in [-0.15, -0.1) is 0 Å². The normalized spacial score (nSPS) is 10.8. The Balaban J connectivity index is 0.000000370. The summed E-state index contributed by atoms with van der Waals surface area (Å²) < 4.78 is 33.8. The minimum atomic E-state index is -5.08. The Morgan fingerprint density at radius 1 is 1.10 bits per heavy atom. The minimum Gasteiger partial charge on any atom is -0.475 e. The van der Waals surface area contributed by atoms with Crippen LogP contribution >= 0.6 is 0 Å². The molecule has 2 aromatic heterocycles. The van der Waals surface area contributed by atoms with Crippen LogP contribution in [0.4, 0.5) is 18.9 Å². The predicted octanol–water partition coefficient (Wildman–Crippen LogP) is 4.01. The van der Waals surface area contributed by atoms with Crippen LogP contribution in [0, 0.1) is 20.8 Å². The number of anilines is 1. The first-order valence-corrected chi connectivity index (χ1v) is 8.36. The molecule has 1 amide bonds. The first-order chi connectivity index (χ1) is 13.5. The number of aromatic nitrogens is 3. The number of amides is 1. The summed E-state index contributed by atoms with van der Waals surface area (Å²) in [5.74, 6) is -2.87. The smallest absolute Gasteiger partial charge is 0.475 e. The number of alkyl halides is 3. The van der Waals surface area contributed by atoms with Gasteiger partial charge in [0.2, 0.25) is 0 Å². The highest BCUT2D eigenvalue weighted by molar-refractivity contribution is 6.05. The van der Waals surface area contributed by atoms with Crippen LogP contribution in [0.5, 0.6) is 0 Å². The number of carboxylic acid groups (broad SMARTS) is 1. The Kier molecular flexibility index (Phi) is 6.47. The molecule has 2 heterocycles. The van der Waals surface area contributed by atoms with Crippen molar-refractivity contribution in [3.63, 3.8) is 0 Å². The maximum Gasteiger partial charge on any atom is 0.490 e. The molecule has 29 heavy (non-hydrogen) atoms. The van der Waals surface area contributed by atoms with Gasteiger partial charge in [0.05, 0.1) is 17.6 Å². The average molecular weight is 408 g/mol. The topological polar surface area (TPSA) is 100 Å². The van der Waals surface area contributed by atoms with Crippen LogP contribution in [0.3, 0.4) is 0 Å². The number of nitrogens with zero attached hydrogens (tertiary/aromatic N) is 2. The molecule has 0 atom stereocenters. The fourth-order valence-electron chi connectivity index (χ4n) is 2.35. The van der Waals surface area contributed by atoms with E-state index in [1.807, 2.05) is 55.8 Å². The quantitative estimate of drug-likeness (QED) is 0.610. The van der Waals surface area contributed by atoms with Crippen molar-refractivity contribution in [2.75, 3.05) is 5.32 Å². The summed E-state index contributed by atoms with van der Waals surface area (Å²) in [7, 11) is 0. The molecule has 0 aliphatic carbocycles. The lowest BCUT2D eigenvalue weighted by Gasteiger charge is -2.08. The van der Waals surface area contributed by atoms with Crippen LogP contribution < -0.4 is 5.32 Å². The molecule has 154 valence electrons. The van der Waals surface area contributed by atoms with E-state index in [-0.39, 0.29) is 5.91 Å². The first kappa shape index (κ1) is 21.7. The van der Waals surface area contributed by atoms with Gasteiger partial charge in [-0.25, -0.2) is 9.78 Å². The molecule has 3 aromatic rings. The van der Waals surface area contributed by atoms with E-state index in [4.69, 9.17) is 9.90 Å². The Hall–Kier alpha value is -3.56. The fraction of sp³-hybridized carbons (Fsp3) is 0.211. The molecule has 0 bridgehead atoms. The van der Waals surface area contributed by atoms with Crippen molar-refractivity contribution in [2.45, 2.75) is 26.9 Å². The number of rotatable bonds is 3. The van der Waals surface area contributed by atoms with E-state index in [1.165, 1.54) is 0 Å². The van der Waals surface area contributed by atoms with Crippen molar-refractivity contribution in [3.8, 4) is 5.69 Å². The molecule has 3 N–H and O–H groups in total. The van der Waals surface area contributed by atoms with Crippen LogP contribution in [-0.2, 0) is 4.79 Å². The molecule has 0 aliphatic rings. The van der Waals surface area contributed by atoms with E-state index in [0.717, 1.165) is 28.3 Å². The van der Waals surface area contributed by atoms with Gasteiger partial charge in [-0.05, 0) is 50.6 Å². The van der Waals surface area contributed by atoms with Gasteiger partial charge in [-0.2, -0.15) is 13.2 Å². The molecule has 10 heteroatoms. The zero-order valence-electron chi connectivity index (χ0n) is 15.8. The molecular weight excluding hydrogens is 389 g/mol. The van der Waals surface area contributed by atoms with Gasteiger partial charge < -0.3 is 20.0 Å². The van der Waals surface area contributed by atoms with E-state index < -0.39 is 12.1 Å². The Morgan fingerprint density at radius 2 is 1.69 bits per heavy atom. The fourth-order valence-corrected chi connectivity index (χ4v) is 2.35. The summed E-state index contributed by atoms with van der Waals surface area (Å²) in [6.07, 6.45) is 0.236. The third-order valence-electron chi connectivity index (χ3n) is 4.09. The van der Waals surface area contributed by atoms with E-state index in [9.17, 15) is 18.0 Å². The number of nitrogens with one attached hydrogen (secondary N) is 2. The number of carboxylic acids is 1. The summed E-state index contributed by atoms with van der Waals surface area (Å²) in [5, 5.41) is 10.0. The van der Waals surface area contributed by atoms with Crippen molar-refractivity contribution in [2.24, 2.45) is 0 Å². The van der Waals surface area contributed by atoms with Crippen LogP contribution in [0.15, 0.2) is 43.0 Å². The molecule has 1 aromatic carbocycles. The van der Waals surface area contributed by atoms with Crippen molar-refractivity contribution >= 4 is 17.6 Å². The maximum absolute atomic E-state index is 12.2. The zero-order valence-corrected chi connectivity index (χ0v) is 15.8. The number of halogens is 3. The zero-order chi connectivity index (χ0) is 21.8. The highest BCUT2D eigenvalue weighted by Gasteiger charge is 2.38. The SMILES string of the molecule is Cc1c[nH]cc1C(=O)Nc1ccc(-n2cnc(C)c2C)cc1.O=C(O)C(F)(F)F. The van der Waals surface area contributed by atoms with Crippen molar-refractivity contribution in [3.05, 3.63) is 65.5 Å². The summed E-state index contributed by atoms with van der Waals surface area (Å²) in [6.45, 7) is 5.92. The highest BCUT2D eigenvalue weighted by Crippen LogP contribution is 2.18. The van der Waals surface area contributed by atoms with Gasteiger partial charge in [0.1, 0.15) is 0 Å². The molecule has 0 aliphatic heterocycles. The molecule has 0 saturated heterocycles. The van der Waals surface area contributed by atoms with Crippen LogP contribution in [-0.4, -0.2) is 37.7 Å². The molecule has 0 fully saturated rings. The monoisotopic (exact) mass is 408 g/mol. The first-order valence-electron chi connectivity index (χ1n) is 8.36. The number of aromatic amines is 1. The lowest BCUT2D eigenvalue weighted by Crippen LogP contribution is -2.21. The number of hydrogen-bond donors (Lipinski definition) is 3. The van der Waals surface area contributed by atoms with Gasteiger partial charge in [0.15, 0.2) is 0 Å². The standard InChI is InChI=1S/C17H18N4O.C2HF3O2/c1-11-8-18-9-16(11)17(22)20-14-4-6-15(7-5-14)21-10-19-12(2)13(21)3;3-2(4,5)1(6)7/h4-10,18H,1-3H3,(H,20,22);(H,6,7). The predicted molar refractivity (Wildman–Crippen MR) is 100 cm³/mol. The molecule has 3 rings (SSSR count). The van der Waals surface area contributed by atoms with E-state index in [2.05, 4.69) is 15.3 Å². The van der Waals surface area contributed by atoms with Crippen molar-refractivity contribution < 1.29 is 27.9 Å². The maximum atomic E-state index is 12.2. The molecule has 0 radical (unpaired) electrons. The second-order valence-electron chi connectivity index (χ2n) is 6.14. The Morgan fingerprint density at radius 3 is 2.10 bits per heavy atom. The van der Waals surface area contributed by atoms with Crippen molar-refractivity contribution in [1.82, 2.24) is 14.5 Å². The molecule has 0 spiro atoms. The summed E-state index contributed by atoms with van der Waals surface area (Å²) in [4.78, 5) is 28.3. The number of hydrogen-bond acceptors (Lipinski definition) is 3. The summed E-state index contributed by atoms with van der Waals surface area (Å²) in [6, 6.07) is 7.72. The third-order valence-corrected chi connectivity index (χ3v) is 4.09. The number of benzene rings is 1. The van der Waals surface area contributed by atoms with E-state index in [0.29, 0.717) is 5.56 Å². The third kappa shape index (κ3) is 5.47. The highest BCUT2D eigenvalue weighted by atomic mass is 19.4. The Labute approximate surface area is 164 Å². The largest absolute Gasteiger partial charge is 0.490 e. The van der Waals surface area contributed by atoms with E-state index in [1.54, 1.807) is 12.5 Å². The average Bonchev–Trinajstić information content (AvgIpc) is 3.22. The molecule has 0 saturated carbocycles. The summed E-state index contributed by atoms with van der Waals surface area (Å²) in [5.41, 5.74) is 5.50. The van der Waals surface area contributed by atoms with E-state index >= 15 is 0 Å². The second-order valence-corrected chi connectivity index (χ2v) is 6.14. The second kappa shape index (κ2) is 8.63. The number of imidazole rings is 1. The summed E-state index contributed by atoms with van der Waals surface area (Å²) >= 11 is 0. The number of carbonyl (C=O) groups excluding carboxylic acids is 1. The van der Waals surface area contributed by atoms with Crippen LogP contribution in [0.1, 0.15) is 27.3 Å². The number of aliphatic carboxylic acids is 1. The van der Waals surface area contributed by atoms with Crippen LogP contribution in [0.2, 0.25) is 0 Å². The van der Waals surface area contributed by atoms with Gasteiger partial charge >= 0.3 is 12.1 Å². The van der Waals surface area contributed by atoms with Gasteiger partial charge in [0.25, 0.3) is 5.91 Å². The minimum absolute atomic E-state index is 0.110. The van der Waals surface area contributed by atoms with Gasteiger partial charge in [-0.1, -0.05) is 0 Å². The number of aryl methyl sites for hydroxylation is 2. The lowest BCUT2D eigenvalue weighted by atomic mass is 10.2.